The molecule has 0 aromatic carbocycles. The van der Waals surface area contributed by atoms with Gasteiger partial charge in [0.2, 0.25) is 0 Å². The molecule has 4 aliphatic carbocycles. The largest absolute Gasteiger partial charge is 0.550 e. The Bertz CT molecular complexity index is 325. The van der Waals surface area contributed by atoms with Gasteiger partial charge in [-0.05, 0) is 57.3 Å². The molecule has 0 aromatic heterocycles. The number of hydrogen-bond acceptors (Lipinski definition) is 3. The molecule has 88 valence electrons. The van der Waals surface area contributed by atoms with Crippen molar-refractivity contribution in [2.75, 3.05) is 0 Å². The molecule has 0 radical (unpaired) electrons. The van der Waals surface area contributed by atoms with Crippen LogP contribution in [0.2, 0.25) is 0 Å². The standard InChI is InChI=1S/C13H18O3/c1-8(14)12-3-9-2-10(4-12)6-13(5-9,7-12)11(15)16/h9-10H,2-7H2,1H3,(H,15,16)/p-1/t9-,10-,12?,13?/m0/s1. The summed E-state index contributed by atoms with van der Waals surface area (Å²) in [6, 6.07) is 0. The van der Waals surface area contributed by atoms with Crippen LogP contribution in [0.3, 0.4) is 0 Å². The summed E-state index contributed by atoms with van der Waals surface area (Å²) in [6.07, 6.45) is 5.03. The molecule has 4 rings (SSSR count). The van der Waals surface area contributed by atoms with E-state index >= 15 is 0 Å². The Morgan fingerprint density at radius 1 is 1.06 bits per heavy atom. The first kappa shape index (κ1) is 10.3. The first-order chi connectivity index (χ1) is 7.46. The van der Waals surface area contributed by atoms with Gasteiger partial charge in [0.05, 0.1) is 0 Å². The highest BCUT2D eigenvalue weighted by Crippen LogP contribution is 2.65. The van der Waals surface area contributed by atoms with E-state index in [9.17, 15) is 14.7 Å². The van der Waals surface area contributed by atoms with Crippen LogP contribution < -0.4 is 5.11 Å². The van der Waals surface area contributed by atoms with Gasteiger partial charge in [0.15, 0.2) is 0 Å². The normalized spacial score (nSPS) is 49.3. The van der Waals surface area contributed by atoms with Crippen LogP contribution in [0.4, 0.5) is 0 Å². The van der Waals surface area contributed by atoms with Gasteiger partial charge in [-0.25, -0.2) is 0 Å². The lowest BCUT2D eigenvalue weighted by atomic mass is 9.43. The summed E-state index contributed by atoms with van der Waals surface area (Å²) < 4.78 is 0. The van der Waals surface area contributed by atoms with E-state index in [1.165, 1.54) is 0 Å². The summed E-state index contributed by atoms with van der Waals surface area (Å²) in [4.78, 5) is 23.2. The lowest BCUT2D eigenvalue weighted by Crippen LogP contribution is -2.60. The number of aliphatic carboxylic acids is 1. The average Bonchev–Trinajstić information content (AvgIpc) is 2.14. The third-order valence-electron chi connectivity index (χ3n) is 5.24. The predicted molar refractivity (Wildman–Crippen MR) is 55.2 cm³/mol. The maximum Gasteiger partial charge on any atom is 0.136 e. The Morgan fingerprint density at radius 3 is 2.00 bits per heavy atom. The predicted octanol–water partition coefficient (Wildman–Crippen LogP) is 0.912. The topological polar surface area (TPSA) is 57.2 Å². The van der Waals surface area contributed by atoms with Crippen LogP contribution in [0.15, 0.2) is 0 Å². The van der Waals surface area contributed by atoms with Crippen LogP contribution >= 0.6 is 0 Å². The number of carbonyl (C=O) groups is 2. The Hall–Kier alpha value is -0.860. The molecule has 0 unspecified atom stereocenters. The summed E-state index contributed by atoms with van der Waals surface area (Å²) in [5, 5.41) is 11.4. The molecule has 3 nitrogen and oxygen atoms in total. The van der Waals surface area contributed by atoms with E-state index in [-0.39, 0.29) is 11.2 Å². The first-order valence-corrected chi connectivity index (χ1v) is 6.18. The number of Topliss-reactive ketones (excluding diaryl/α,β-unsaturated/α-hetero) is 1. The molecule has 0 heterocycles. The first-order valence-electron chi connectivity index (χ1n) is 6.18. The third kappa shape index (κ3) is 1.14. The summed E-state index contributed by atoms with van der Waals surface area (Å²) >= 11 is 0. The number of ketones is 1. The highest BCUT2D eigenvalue weighted by atomic mass is 16.4. The van der Waals surface area contributed by atoms with Crippen LogP contribution in [-0.2, 0) is 9.59 Å². The highest BCUT2D eigenvalue weighted by Gasteiger charge is 2.59. The molecule has 4 bridgehead atoms. The maximum absolute atomic E-state index is 11.8. The average molecular weight is 221 g/mol. The van der Waals surface area contributed by atoms with E-state index in [2.05, 4.69) is 0 Å². The minimum atomic E-state index is -0.910. The fourth-order valence-corrected chi connectivity index (χ4v) is 4.91. The number of carbonyl (C=O) groups excluding carboxylic acids is 2. The molecular weight excluding hydrogens is 204 g/mol. The van der Waals surface area contributed by atoms with Crippen LogP contribution in [-0.4, -0.2) is 11.8 Å². The molecule has 0 amide bonds. The number of carboxylic acids is 1. The van der Waals surface area contributed by atoms with Crippen molar-refractivity contribution in [2.45, 2.75) is 45.4 Å². The van der Waals surface area contributed by atoms with Crippen molar-refractivity contribution in [3.63, 3.8) is 0 Å². The molecule has 4 fully saturated rings. The SMILES string of the molecule is CC(=O)C12C[C@@H]3C[C@@H](C1)CC(C(=O)[O-])(C3)C2. The molecule has 0 N–H and O–H groups in total. The number of carboxylic acid groups (broad SMARTS) is 1. The monoisotopic (exact) mass is 221 g/mol. The van der Waals surface area contributed by atoms with Crippen molar-refractivity contribution in [1.82, 2.24) is 0 Å². The molecule has 4 saturated carbocycles. The van der Waals surface area contributed by atoms with Gasteiger partial charge in [-0.1, -0.05) is 0 Å². The second kappa shape index (κ2) is 2.88. The molecular formula is C13H17O3-. The summed E-state index contributed by atoms with van der Waals surface area (Å²) in [7, 11) is 0. The molecule has 0 aromatic rings. The van der Waals surface area contributed by atoms with Crippen LogP contribution in [0.1, 0.15) is 45.4 Å². The van der Waals surface area contributed by atoms with Gasteiger partial charge in [0.1, 0.15) is 5.78 Å². The van der Waals surface area contributed by atoms with Gasteiger partial charge in [-0.15, -0.1) is 0 Å². The zero-order valence-electron chi connectivity index (χ0n) is 9.62. The molecule has 16 heavy (non-hydrogen) atoms. The summed E-state index contributed by atoms with van der Waals surface area (Å²) in [6.45, 7) is 1.64. The Kier molecular flexibility index (Phi) is 1.85. The van der Waals surface area contributed by atoms with Crippen molar-refractivity contribution >= 4 is 11.8 Å². The zero-order valence-corrected chi connectivity index (χ0v) is 9.62. The lowest BCUT2D eigenvalue weighted by Gasteiger charge is -2.61. The van der Waals surface area contributed by atoms with E-state index < -0.39 is 11.4 Å². The van der Waals surface area contributed by atoms with Crippen molar-refractivity contribution < 1.29 is 14.7 Å². The fraction of sp³-hybridized carbons (Fsp3) is 0.846. The second-order valence-corrected chi connectivity index (χ2v) is 6.37. The van der Waals surface area contributed by atoms with Crippen molar-refractivity contribution in [3.8, 4) is 0 Å². The van der Waals surface area contributed by atoms with Gasteiger partial charge < -0.3 is 9.90 Å². The number of rotatable bonds is 2. The molecule has 4 aliphatic rings. The zero-order chi connectivity index (χ0) is 11.6. The van der Waals surface area contributed by atoms with Gasteiger partial charge >= 0.3 is 0 Å². The molecule has 3 heteroatoms. The number of hydrogen-bond donors (Lipinski definition) is 0. The van der Waals surface area contributed by atoms with E-state index in [0.29, 0.717) is 18.3 Å². The lowest BCUT2D eigenvalue weighted by molar-refractivity contribution is -0.328. The van der Waals surface area contributed by atoms with Crippen LogP contribution in [0.25, 0.3) is 0 Å². The molecule has 2 atom stereocenters. The van der Waals surface area contributed by atoms with Gasteiger partial charge in [0.25, 0.3) is 0 Å². The van der Waals surface area contributed by atoms with E-state index in [1.54, 1.807) is 6.92 Å². The third-order valence-corrected chi connectivity index (χ3v) is 5.24. The minimum absolute atomic E-state index is 0.201. The van der Waals surface area contributed by atoms with E-state index in [4.69, 9.17) is 0 Å². The Labute approximate surface area is 95.2 Å². The van der Waals surface area contributed by atoms with Crippen LogP contribution in [0, 0.1) is 22.7 Å². The molecule has 0 saturated heterocycles. The van der Waals surface area contributed by atoms with E-state index in [1.807, 2.05) is 0 Å². The molecule has 0 spiro atoms. The van der Waals surface area contributed by atoms with E-state index in [0.717, 1.165) is 32.1 Å². The van der Waals surface area contributed by atoms with Gasteiger partial charge in [-0.2, -0.15) is 0 Å². The summed E-state index contributed by atoms with van der Waals surface area (Å²) in [5.74, 6) is 0.186. The summed E-state index contributed by atoms with van der Waals surface area (Å²) in [5.41, 5.74) is -0.986. The van der Waals surface area contributed by atoms with Crippen molar-refractivity contribution in [1.29, 1.82) is 0 Å². The Balaban J connectivity index is 2.03. The van der Waals surface area contributed by atoms with Crippen molar-refractivity contribution in [3.05, 3.63) is 0 Å². The van der Waals surface area contributed by atoms with Gasteiger partial charge in [-0.3, -0.25) is 4.79 Å². The van der Waals surface area contributed by atoms with Gasteiger partial charge in [0, 0.05) is 16.8 Å². The van der Waals surface area contributed by atoms with Crippen LogP contribution in [0.5, 0.6) is 0 Å². The van der Waals surface area contributed by atoms with Crippen molar-refractivity contribution in [2.24, 2.45) is 22.7 Å². The maximum atomic E-state index is 11.8. The highest BCUT2D eigenvalue weighted by molar-refractivity contribution is 5.85. The Morgan fingerprint density at radius 2 is 1.56 bits per heavy atom. The second-order valence-electron chi connectivity index (χ2n) is 6.37. The minimum Gasteiger partial charge on any atom is -0.550 e. The quantitative estimate of drug-likeness (QED) is 0.696. The molecule has 0 aliphatic heterocycles. The fourth-order valence-electron chi connectivity index (χ4n) is 4.91. The smallest absolute Gasteiger partial charge is 0.136 e.